The molecule has 23 heavy (non-hydrogen) atoms. The molecule has 2 atom stereocenters. The van der Waals surface area contributed by atoms with Crippen molar-refractivity contribution in [2.24, 2.45) is 0 Å². The van der Waals surface area contributed by atoms with Gasteiger partial charge >= 0.3 is 5.97 Å². The van der Waals surface area contributed by atoms with Crippen molar-refractivity contribution >= 4 is 5.97 Å². The molecule has 0 heterocycles. The normalized spacial score (nSPS) is 13.4. The average molecular weight is 323 g/mol. The molecule has 5 nitrogen and oxygen atoms in total. The van der Waals surface area contributed by atoms with Crippen molar-refractivity contribution in [2.75, 3.05) is 14.2 Å². The smallest absolute Gasteiger partial charge is 0.320 e. The van der Waals surface area contributed by atoms with Crippen LogP contribution in [0.25, 0.3) is 0 Å². The van der Waals surface area contributed by atoms with Gasteiger partial charge in [-0.25, -0.2) is 0 Å². The molecular formula is C18H29NO4. The van der Waals surface area contributed by atoms with E-state index in [1.807, 2.05) is 26.0 Å². The summed E-state index contributed by atoms with van der Waals surface area (Å²) in [4.78, 5) is 11.3. The Balaban J connectivity index is 2.80. The van der Waals surface area contributed by atoms with Crippen molar-refractivity contribution in [2.45, 2.75) is 58.5 Å². The third kappa shape index (κ3) is 5.43. The van der Waals surface area contributed by atoms with Crippen LogP contribution in [0.4, 0.5) is 0 Å². The van der Waals surface area contributed by atoms with Gasteiger partial charge in [0.05, 0.1) is 14.2 Å². The minimum absolute atomic E-state index is 0.0600. The quantitative estimate of drug-likeness (QED) is 0.692. The summed E-state index contributed by atoms with van der Waals surface area (Å²) in [5, 5.41) is 12.5. The van der Waals surface area contributed by atoms with E-state index in [1.165, 1.54) is 0 Å². The van der Waals surface area contributed by atoms with E-state index in [4.69, 9.17) is 9.47 Å². The van der Waals surface area contributed by atoms with Crippen LogP contribution in [-0.2, 0) is 11.2 Å². The number of unbranched alkanes of at least 4 members (excludes halogenated alkanes) is 1. The van der Waals surface area contributed by atoms with Crippen LogP contribution in [0.1, 0.15) is 44.2 Å². The molecular weight excluding hydrogens is 294 g/mol. The molecule has 5 heteroatoms. The number of benzene rings is 1. The number of hydrogen-bond donors (Lipinski definition) is 2. The molecule has 0 fully saturated rings. The monoisotopic (exact) mass is 323 g/mol. The number of aliphatic carboxylic acids is 1. The summed E-state index contributed by atoms with van der Waals surface area (Å²) < 4.78 is 10.7. The molecule has 1 aromatic carbocycles. The molecule has 0 amide bonds. The van der Waals surface area contributed by atoms with Gasteiger partial charge in [-0.1, -0.05) is 25.8 Å². The number of methoxy groups -OCH3 is 2. The molecule has 0 saturated heterocycles. The highest BCUT2D eigenvalue weighted by molar-refractivity contribution is 5.73. The molecule has 1 aromatic rings. The fraction of sp³-hybridized carbons (Fsp3) is 0.611. The van der Waals surface area contributed by atoms with Crippen LogP contribution in [-0.4, -0.2) is 37.4 Å². The maximum atomic E-state index is 11.3. The van der Waals surface area contributed by atoms with Crippen molar-refractivity contribution < 1.29 is 19.4 Å². The fourth-order valence-corrected chi connectivity index (χ4v) is 2.76. The Labute approximate surface area is 139 Å². The molecule has 0 aliphatic rings. The lowest BCUT2D eigenvalue weighted by Crippen LogP contribution is -2.43. The molecule has 0 aliphatic carbocycles. The van der Waals surface area contributed by atoms with E-state index < -0.39 is 12.0 Å². The zero-order chi connectivity index (χ0) is 17.4. The van der Waals surface area contributed by atoms with Crippen LogP contribution in [0.2, 0.25) is 0 Å². The number of carbonyl (C=O) groups is 1. The predicted molar refractivity (Wildman–Crippen MR) is 91.5 cm³/mol. The summed E-state index contributed by atoms with van der Waals surface area (Å²) in [5.41, 5.74) is 2.16. The molecule has 0 aliphatic heterocycles. The number of carboxylic acids is 1. The molecule has 2 unspecified atom stereocenters. The van der Waals surface area contributed by atoms with Crippen LogP contribution in [0.15, 0.2) is 12.1 Å². The Morgan fingerprint density at radius 2 is 2.00 bits per heavy atom. The first-order valence-electron chi connectivity index (χ1n) is 8.13. The van der Waals surface area contributed by atoms with Gasteiger partial charge in [-0.2, -0.15) is 0 Å². The van der Waals surface area contributed by atoms with Crippen molar-refractivity contribution in [3.8, 4) is 11.5 Å². The number of ether oxygens (including phenoxy) is 2. The van der Waals surface area contributed by atoms with Crippen LogP contribution in [0.5, 0.6) is 11.5 Å². The highest BCUT2D eigenvalue weighted by Crippen LogP contribution is 2.33. The van der Waals surface area contributed by atoms with E-state index in [9.17, 15) is 9.90 Å². The number of nitrogens with one attached hydrogen (secondary N) is 1. The average Bonchev–Trinajstić information content (AvgIpc) is 2.52. The van der Waals surface area contributed by atoms with E-state index in [0.717, 1.165) is 36.1 Å². The first kappa shape index (κ1) is 19.3. The van der Waals surface area contributed by atoms with Gasteiger partial charge in [-0.05, 0) is 43.9 Å². The van der Waals surface area contributed by atoms with Gasteiger partial charge in [0.1, 0.15) is 6.04 Å². The summed E-state index contributed by atoms with van der Waals surface area (Å²) in [6.45, 7) is 6.07. The first-order chi connectivity index (χ1) is 10.9. The lowest BCUT2D eigenvalue weighted by molar-refractivity contribution is -0.139. The van der Waals surface area contributed by atoms with E-state index in [-0.39, 0.29) is 6.04 Å². The largest absolute Gasteiger partial charge is 0.493 e. The molecule has 0 saturated carbocycles. The lowest BCUT2D eigenvalue weighted by atomic mass is 9.99. The van der Waals surface area contributed by atoms with Crippen LogP contribution in [0.3, 0.4) is 0 Å². The minimum Gasteiger partial charge on any atom is -0.493 e. The summed E-state index contributed by atoms with van der Waals surface area (Å²) in [6.07, 6.45) is 3.30. The third-order valence-corrected chi connectivity index (χ3v) is 4.06. The van der Waals surface area contributed by atoms with E-state index in [1.54, 1.807) is 14.2 Å². The van der Waals surface area contributed by atoms with Gasteiger partial charge in [0.15, 0.2) is 11.5 Å². The maximum absolute atomic E-state index is 11.3. The summed E-state index contributed by atoms with van der Waals surface area (Å²) in [7, 11) is 3.24. The van der Waals surface area contributed by atoms with Crippen LogP contribution in [0, 0.1) is 6.92 Å². The second kappa shape index (κ2) is 9.40. The van der Waals surface area contributed by atoms with E-state index >= 15 is 0 Å². The minimum atomic E-state index is -0.783. The second-order valence-corrected chi connectivity index (χ2v) is 5.89. The van der Waals surface area contributed by atoms with Gasteiger partial charge < -0.3 is 19.9 Å². The van der Waals surface area contributed by atoms with Crippen LogP contribution >= 0.6 is 0 Å². The molecule has 2 N–H and O–H groups in total. The SMILES string of the molecule is CCCCC(NC(C)Cc1ccc(OC)c(OC)c1C)C(=O)O. The fourth-order valence-electron chi connectivity index (χ4n) is 2.76. The molecule has 0 aromatic heterocycles. The molecule has 0 spiro atoms. The zero-order valence-corrected chi connectivity index (χ0v) is 14.8. The summed E-state index contributed by atoms with van der Waals surface area (Å²) in [6, 6.07) is 3.46. The van der Waals surface area contributed by atoms with Gasteiger partial charge in [0.25, 0.3) is 0 Å². The van der Waals surface area contributed by atoms with E-state index in [2.05, 4.69) is 12.2 Å². The van der Waals surface area contributed by atoms with Gasteiger partial charge in [-0.3, -0.25) is 4.79 Å². The highest BCUT2D eigenvalue weighted by Gasteiger charge is 2.20. The Morgan fingerprint density at radius 1 is 1.30 bits per heavy atom. The predicted octanol–water partition coefficient (Wildman–Crippen LogP) is 3.18. The number of carboxylic acid groups (broad SMARTS) is 1. The van der Waals surface area contributed by atoms with E-state index in [0.29, 0.717) is 12.2 Å². The van der Waals surface area contributed by atoms with Gasteiger partial charge in [-0.15, -0.1) is 0 Å². The summed E-state index contributed by atoms with van der Waals surface area (Å²) >= 11 is 0. The number of hydrogen-bond acceptors (Lipinski definition) is 4. The number of rotatable bonds is 10. The van der Waals surface area contributed by atoms with Crippen molar-refractivity contribution in [3.05, 3.63) is 23.3 Å². The molecule has 0 radical (unpaired) electrons. The maximum Gasteiger partial charge on any atom is 0.320 e. The standard InChI is InChI=1S/C18H29NO4/c1-6-7-8-15(18(20)21)19-12(2)11-14-9-10-16(22-4)17(23-5)13(14)3/h9-10,12,15,19H,6-8,11H2,1-5H3,(H,20,21). The Hall–Kier alpha value is -1.75. The molecule has 130 valence electrons. The Bertz CT molecular complexity index is 516. The van der Waals surface area contributed by atoms with Gasteiger partial charge in [0, 0.05) is 6.04 Å². The third-order valence-electron chi connectivity index (χ3n) is 4.06. The van der Waals surface area contributed by atoms with Gasteiger partial charge in [0.2, 0.25) is 0 Å². The van der Waals surface area contributed by atoms with Crippen molar-refractivity contribution in [1.29, 1.82) is 0 Å². The van der Waals surface area contributed by atoms with Crippen LogP contribution < -0.4 is 14.8 Å². The van der Waals surface area contributed by atoms with Crippen molar-refractivity contribution in [3.63, 3.8) is 0 Å². The topological polar surface area (TPSA) is 67.8 Å². The molecule has 0 bridgehead atoms. The first-order valence-corrected chi connectivity index (χ1v) is 8.13. The molecule has 1 rings (SSSR count). The highest BCUT2D eigenvalue weighted by atomic mass is 16.5. The zero-order valence-electron chi connectivity index (χ0n) is 14.8. The second-order valence-electron chi connectivity index (χ2n) is 5.89. The lowest BCUT2D eigenvalue weighted by Gasteiger charge is -2.22. The summed E-state index contributed by atoms with van der Waals surface area (Å²) in [5.74, 6) is 0.660. The van der Waals surface area contributed by atoms with Crippen molar-refractivity contribution in [1.82, 2.24) is 5.32 Å². The Kier molecular flexibility index (Phi) is 7.89. The Morgan fingerprint density at radius 3 is 2.52 bits per heavy atom.